The number of aryl methyl sites for hydroxylation is 3. The molecule has 0 spiro atoms. The lowest BCUT2D eigenvalue weighted by Gasteiger charge is -2.12. The number of nitrogens with zero attached hydrogens (tertiary/aromatic N) is 2. The lowest BCUT2D eigenvalue weighted by atomic mass is 10.0. The van der Waals surface area contributed by atoms with Crippen molar-refractivity contribution in [2.75, 3.05) is 12.4 Å². The van der Waals surface area contributed by atoms with Gasteiger partial charge >= 0.3 is 0 Å². The number of aromatic nitrogens is 2. The SMILES string of the molecule is COc1cccc(-c2nnsc2C(=O)Nc2c(C)cc(C)cc2C)c1. The highest BCUT2D eigenvalue weighted by Crippen LogP contribution is 2.29. The third kappa shape index (κ3) is 3.53. The van der Waals surface area contributed by atoms with E-state index in [0.717, 1.165) is 33.9 Å². The fraction of sp³-hybridized carbons (Fsp3) is 0.211. The maximum atomic E-state index is 12.8. The number of carbonyl (C=O) groups excluding carboxylic acids is 1. The zero-order valence-electron chi connectivity index (χ0n) is 14.6. The number of nitrogens with one attached hydrogen (secondary N) is 1. The predicted molar refractivity (Wildman–Crippen MR) is 101 cm³/mol. The molecule has 0 saturated heterocycles. The van der Waals surface area contributed by atoms with Gasteiger partial charge in [-0.15, -0.1) is 5.10 Å². The molecule has 0 radical (unpaired) electrons. The van der Waals surface area contributed by atoms with Gasteiger partial charge in [-0.25, -0.2) is 0 Å². The molecule has 1 N–H and O–H groups in total. The van der Waals surface area contributed by atoms with Gasteiger partial charge < -0.3 is 10.1 Å². The van der Waals surface area contributed by atoms with Crippen LogP contribution in [0.5, 0.6) is 5.75 Å². The van der Waals surface area contributed by atoms with Crippen LogP contribution in [0.15, 0.2) is 36.4 Å². The van der Waals surface area contributed by atoms with Gasteiger partial charge in [-0.1, -0.05) is 34.3 Å². The molecule has 1 amide bonds. The summed E-state index contributed by atoms with van der Waals surface area (Å²) in [4.78, 5) is 13.3. The number of ether oxygens (including phenoxy) is 1. The molecule has 3 rings (SSSR count). The summed E-state index contributed by atoms with van der Waals surface area (Å²) in [5, 5.41) is 7.14. The highest BCUT2D eigenvalue weighted by Gasteiger charge is 2.19. The Morgan fingerprint density at radius 2 is 1.84 bits per heavy atom. The fourth-order valence-electron chi connectivity index (χ4n) is 2.85. The minimum Gasteiger partial charge on any atom is -0.497 e. The van der Waals surface area contributed by atoms with Crippen molar-refractivity contribution in [3.05, 3.63) is 58.0 Å². The monoisotopic (exact) mass is 353 g/mol. The summed E-state index contributed by atoms with van der Waals surface area (Å²) in [6.45, 7) is 6.02. The fourth-order valence-corrected chi connectivity index (χ4v) is 3.43. The van der Waals surface area contributed by atoms with E-state index >= 15 is 0 Å². The summed E-state index contributed by atoms with van der Waals surface area (Å²) >= 11 is 1.09. The Morgan fingerprint density at radius 3 is 2.52 bits per heavy atom. The standard InChI is InChI=1S/C19H19N3O2S/c1-11-8-12(2)16(13(3)9-11)20-19(23)18-17(21-22-25-18)14-6-5-7-15(10-14)24-4/h5-10H,1-4H3,(H,20,23). The van der Waals surface area contributed by atoms with Crippen LogP contribution in [0.25, 0.3) is 11.3 Å². The molecule has 6 heteroatoms. The van der Waals surface area contributed by atoms with Crippen LogP contribution >= 0.6 is 11.5 Å². The third-order valence-corrected chi connectivity index (χ3v) is 4.68. The molecular weight excluding hydrogens is 334 g/mol. The molecule has 128 valence electrons. The smallest absolute Gasteiger partial charge is 0.269 e. The summed E-state index contributed by atoms with van der Waals surface area (Å²) in [5.41, 5.74) is 5.43. The Bertz CT molecular complexity index is 911. The van der Waals surface area contributed by atoms with Gasteiger partial charge in [0.1, 0.15) is 16.3 Å². The lowest BCUT2D eigenvalue weighted by molar-refractivity contribution is 0.103. The molecule has 3 aromatic rings. The van der Waals surface area contributed by atoms with E-state index in [9.17, 15) is 4.79 Å². The number of carbonyl (C=O) groups is 1. The first-order valence-electron chi connectivity index (χ1n) is 7.85. The molecule has 0 bridgehead atoms. The Kier molecular flexibility index (Phi) is 4.81. The Morgan fingerprint density at radius 1 is 1.12 bits per heavy atom. The number of rotatable bonds is 4. The van der Waals surface area contributed by atoms with Crippen molar-refractivity contribution in [2.24, 2.45) is 0 Å². The van der Waals surface area contributed by atoms with Crippen LogP contribution in [0.1, 0.15) is 26.4 Å². The van der Waals surface area contributed by atoms with E-state index in [-0.39, 0.29) is 5.91 Å². The molecule has 0 fully saturated rings. The van der Waals surface area contributed by atoms with Gasteiger partial charge in [-0.3, -0.25) is 4.79 Å². The minimum atomic E-state index is -0.206. The third-order valence-electron chi connectivity index (χ3n) is 3.95. The van der Waals surface area contributed by atoms with Gasteiger partial charge in [-0.2, -0.15) is 0 Å². The lowest BCUT2D eigenvalue weighted by Crippen LogP contribution is -2.13. The Labute approximate surface area is 150 Å². The molecule has 0 aliphatic heterocycles. The molecule has 2 aromatic carbocycles. The van der Waals surface area contributed by atoms with Crippen LogP contribution in [0.2, 0.25) is 0 Å². The van der Waals surface area contributed by atoms with Crippen molar-refractivity contribution >= 4 is 23.1 Å². The molecule has 0 aliphatic rings. The number of anilines is 1. The van der Waals surface area contributed by atoms with Gasteiger partial charge in [0, 0.05) is 11.3 Å². The molecule has 1 aromatic heterocycles. The normalized spacial score (nSPS) is 10.6. The molecule has 1 heterocycles. The minimum absolute atomic E-state index is 0.206. The highest BCUT2D eigenvalue weighted by molar-refractivity contribution is 7.08. The molecule has 0 saturated carbocycles. The Balaban J connectivity index is 1.93. The van der Waals surface area contributed by atoms with E-state index in [4.69, 9.17) is 4.74 Å². The first-order chi connectivity index (χ1) is 12.0. The van der Waals surface area contributed by atoms with E-state index < -0.39 is 0 Å². The van der Waals surface area contributed by atoms with Crippen LogP contribution in [0.3, 0.4) is 0 Å². The van der Waals surface area contributed by atoms with Crippen molar-refractivity contribution in [3.8, 4) is 17.0 Å². The van der Waals surface area contributed by atoms with Crippen LogP contribution < -0.4 is 10.1 Å². The maximum absolute atomic E-state index is 12.8. The first-order valence-corrected chi connectivity index (χ1v) is 8.63. The van der Waals surface area contributed by atoms with Crippen molar-refractivity contribution in [1.82, 2.24) is 9.59 Å². The van der Waals surface area contributed by atoms with E-state index in [0.29, 0.717) is 16.3 Å². The molecule has 0 unspecified atom stereocenters. The van der Waals surface area contributed by atoms with Crippen LogP contribution in [0.4, 0.5) is 5.69 Å². The van der Waals surface area contributed by atoms with E-state index in [2.05, 4.69) is 27.0 Å². The Hall–Kier alpha value is -2.73. The second kappa shape index (κ2) is 7.03. The summed E-state index contributed by atoms with van der Waals surface area (Å²) in [6, 6.07) is 11.5. The number of hydrogen-bond donors (Lipinski definition) is 1. The van der Waals surface area contributed by atoms with Crippen molar-refractivity contribution in [3.63, 3.8) is 0 Å². The van der Waals surface area contributed by atoms with Gasteiger partial charge in [0.25, 0.3) is 5.91 Å². The number of hydrogen-bond acceptors (Lipinski definition) is 5. The van der Waals surface area contributed by atoms with Gasteiger partial charge in [0.05, 0.1) is 7.11 Å². The van der Waals surface area contributed by atoms with E-state index in [1.807, 2.05) is 45.0 Å². The van der Waals surface area contributed by atoms with Crippen molar-refractivity contribution < 1.29 is 9.53 Å². The second-order valence-corrected chi connectivity index (χ2v) is 6.66. The average molecular weight is 353 g/mol. The average Bonchev–Trinajstić information content (AvgIpc) is 3.07. The van der Waals surface area contributed by atoms with Gasteiger partial charge in [-0.05, 0) is 55.6 Å². The second-order valence-electron chi connectivity index (χ2n) is 5.91. The summed E-state index contributed by atoms with van der Waals surface area (Å²) in [5.74, 6) is 0.505. The largest absolute Gasteiger partial charge is 0.497 e. The van der Waals surface area contributed by atoms with E-state index in [1.54, 1.807) is 7.11 Å². The van der Waals surface area contributed by atoms with Gasteiger partial charge in [0.2, 0.25) is 0 Å². The predicted octanol–water partition coefficient (Wildman–Crippen LogP) is 4.39. The first kappa shape index (κ1) is 17.1. The molecular formula is C19H19N3O2S. The number of amides is 1. The zero-order chi connectivity index (χ0) is 18.0. The van der Waals surface area contributed by atoms with Crippen LogP contribution in [0, 0.1) is 20.8 Å². The van der Waals surface area contributed by atoms with Crippen LogP contribution in [-0.4, -0.2) is 22.6 Å². The number of methoxy groups -OCH3 is 1. The molecule has 0 atom stereocenters. The van der Waals surface area contributed by atoms with Gasteiger partial charge in [0.15, 0.2) is 0 Å². The summed E-state index contributed by atoms with van der Waals surface area (Å²) in [6.07, 6.45) is 0. The summed E-state index contributed by atoms with van der Waals surface area (Å²) < 4.78 is 9.21. The number of benzene rings is 2. The van der Waals surface area contributed by atoms with Crippen molar-refractivity contribution in [1.29, 1.82) is 0 Å². The topological polar surface area (TPSA) is 64.1 Å². The van der Waals surface area contributed by atoms with Crippen molar-refractivity contribution in [2.45, 2.75) is 20.8 Å². The van der Waals surface area contributed by atoms with Crippen LogP contribution in [-0.2, 0) is 0 Å². The molecule has 25 heavy (non-hydrogen) atoms. The van der Waals surface area contributed by atoms with E-state index in [1.165, 1.54) is 5.56 Å². The maximum Gasteiger partial charge on any atom is 0.269 e. The molecule has 0 aliphatic carbocycles. The highest BCUT2D eigenvalue weighted by atomic mass is 32.1. The quantitative estimate of drug-likeness (QED) is 0.755. The zero-order valence-corrected chi connectivity index (χ0v) is 15.4. The summed E-state index contributed by atoms with van der Waals surface area (Å²) in [7, 11) is 1.61. The molecule has 5 nitrogen and oxygen atoms in total.